The molecule has 1 aromatic rings. The molecule has 0 amide bonds. The molecule has 0 aliphatic rings. The number of alkyl halides is 1. The summed E-state index contributed by atoms with van der Waals surface area (Å²) >= 11 is 5.52. The Morgan fingerprint density at radius 1 is 1.20 bits per heavy atom. The smallest absolute Gasteiger partial charge is 0.160 e. The molecular weight excluding hydrogens is 214 g/mol. The molecule has 0 bridgehead atoms. The fraction of sp³-hybridized carbons (Fsp3) is 0.455. The van der Waals surface area contributed by atoms with Gasteiger partial charge in [-0.3, -0.25) is 0 Å². The third kappa shape index (κ3) is 3.61. The Hall–Kier alpha value is -0.930. The Kier molecular flexibility index (Phi) is 5.29. The standard InChI is InChI=1S/C11H16ClNO2/c1-14-10-4-3-9(5-6-13-8-12)7-11(10)15-2/h3-4,7,13H,5-6,8H2,1-2H3. The summed E-state index contributed by atoms with van der Waals surface area (Å²) in [6.45, 7) is 0.860. The van der Waals surface area contributed by atoms with Crippen LogP contribution in [0.4, 0.5) is 0 Å². The maximum atomic E-state index is 5.52. The second-order valence-corrected chi connectivity index (χ2v) is 3.34. The third-order valence-corrected chi connectivity index (χ3v) is 2.32. The van der Waals surface area contributed by atoms with E-state index in [1.54, 1.807) is 14.2 Å². The van der Waals surface area contributed by atoms with Crippen LogP contribution >= 0.6 is 11.6 Å². The highest BCUT2D eigenvalue weighted by molar-refractivity contribution is 6.17. The number of methoxy groups -OCH3 is 2. The van der Waals surface area contributed by atoms with Gasteiger partial charge in [-0.1, -0.05) is 6.07 Å². The zero-order valence-electron chi connectivity index (χ0n) is 9.05. The van der Waals surface area contributed by atoms with Crippen LogP contribution in [0.3, 0.4) is 0 Å². The molecular formula is C11H16ClNO2. The van der Waals surface area contributed by atoms with Gasteiger partial charge in [-0.05, 0) is 24.1 Å². The zero-order valence-corrected chi connectivity index (χ0v) is 9.80. The lowest BCUT2D eigenvalue weighted by Gasteiger charge is -2.09. The molecule has 0 spiro atoms. The van der Waals surface area contributed by atoms with Crippen molar-refractivity contribution in [3.8, 4) is 11.5 Å². The molecule has 0 unspecified atom stereocenters. The lowest BCUT2D eigenvalue weighted by Crippen LogP contribution is -2.14. The first-order chi connectivity index (χ1) is 7.31. The molecule has 3 nitrogen and oxygen atoms in total. The van der Waals surface area contributed by atoms with Crippen LogP contribution in [0.15, 0.2) is 18.2 Å². The molecule has 0 aliphatic heterocycles. The van der Waals surface area contributed by atoms with Crippen LogP contribution in [-0.4, -0.2) is 26.8 Å². The highest BCUT2D eigenvalue weighted by Gasteiger charge is 2.03. The second-order valence-electron chi connectivity index (χ2n) is 3.07. The first kappa shape index (κ1) is 12.1. The first-order valence-corrected chi connectivity index (χ1v) is 5.33. The Morgan fingerprint density at radius 2 is 1.93 bits per heavy atom. The van der Waals surface area contributed by atoms with E-state index in [4.69, 9.17) is 21.1 Å². The molecule has 0 saturated carbocycles. The molecule has 0 saturated heterocycles. The van der Waals surface area contributed by atoms with E-state index < -0.39 is 0 Å². The van der Waals surface area contributed by atoms with Crippen LogP contribution in [0.25, 0.3) is 0 Å². The van der Waals surface area contributed by atoms with Crippen molar-refractivity contribution in [3.63, 3.8) is 0 Å². The number of benzene rings is 1. The molecule has 0 heterocycles. The van der Waals surface area contributed by atoms with Gasteiger partial charge >= 0.3 is 0 Å². The number of hydrogen-bond donors (Lipinski definition) is 1. The van der Waals surface area contributed by atoms with Crippen molar-refractivity contribution in [2.24, 2.45) is 0 Å². The van der Waals surface area contributed by atoms with E-state index in [1.807, 2.05) is 18.2 Å². The summed E-state index contributed by atoms with van der Waals surface area (Å²) in [5, 5.41) is 3.06. The Morgan fingerprint density at radius 3 is 2.53 bits per heavy atom. The van der Waals surface area contributed by atoms with Gasteiger partial charge in [0.2, 0.25) is 0 Å². The maximum Gasteiger partial charge on any atom is 0.160 e. The summed E-state index contributed by atoms with van der Waals surface area (Å²) in [4.78, 5) is 0. The van der Waals surface area contributed by atoms with E-state index in [2.05, 4.69) is 5.32 Å². The van der Waals surface area contributed by atoms with Crippen LogP contribution in [0.2, 0.25) is 0 Å². The minimum Gasteiger partial charge on any atom is -0.493 e. The minimum atomic E-state index is 0.479. The van der Waals surface area contributed by atoms with E-state index in [-0.39, 0.29) is 0 Å². The van der Waals surface area contributed by atoms with Gasteiger partial charge in [0.1, 0.15) is 0 Å². The van der Waals surface area contributed by atoms with Crippen molar-refractivity contribution >= 4 is 11.6 Å². The molecule has 0 radical (unpaired) electrons. The summed E-state index contributed by atoms with van der Waals surface area (Å²) in [6.07, 6.45) is 0.924. The Labute approximate surface area is 95.3 Å². The van der Waals surface area contributed by atoms with Crippen LogP contribution in [0.5, 0.6) is 11.5 Å². The van der Waals surface area contributed by atoms with Crippen molar-refractivity contribution in [1.29, 1.82) is 0 Å². The molecule has 0 atom stereocenters. The van der Waals surface area contributed by atoms with Crippen molar-refractivity contribution in [1.82, 2.24) is 5.32 Å². The average molecular weight is 230 g/mol. The van der Waals surface area contributed by atoms with Crippen LogP contribution in [0, 0.1) is 0 Å². The number of halogens is 1. The summed E-state index contributed by atoms with van der Waals surface area (Å²) in [5.74, 6) is 1.52. The first-order valence-electron chi connectivity index (χ1n) is 4.79. The van der Waals surface area contributed by atoms with Crippen molar-refractivity contribution in [2.45, 2.75) is 6.42 Å². The molecule has 84 valence electrons. The molecule has 4 heteroatoms. The van der Waals surface area contributed by atoms with Crippen molar-refractivity contribution in [3.05, 3.63) is 23.8 Å². The van der Waals surface area contributed by atoms with Crippen molar-refractivity contribution in [2.75, 3.05) is 26.8 Å². The number of hydrogen-bond acceptors (Lipinski definition) is 3. The summed E-state index contributed by atoms with van der Waals surface area (Å²) in [5.41, 5.74) is 1.20. The largest absolute Gasteiger partial charge is 0.493 e. The van der Waals surface area contributed by atoms with Gasteiger partial charge in [-0.2, -0.15) is 0 Å². The minimum absolute atomic E-state index is 0.479. The molecule has 1 rings (SSSR count). The second kappa shape index (κ2) is 6.53. The Bertz CT molecular complexity index is 305. The van der Waals surface area contributed by atoms with Crippen LogP contribution in [0.1, 0.15) is 5.56 Å². The normalized spacial score (nSPS) is 10.1. The highest BCUT2D eigenvalue weighted by atomic mass is 35.5. The quantitative estimate of drug-likeness (QED) is 0.460. The van der Waals surface area contributed by atoms with E-state index in [0.717, 1.165) is 24.5 Å². The highest BCUT2D eigenvalue weighted by Crippen LogP contribution is 2.27. The van der Waals surface area contributed by atoms with E-state index in [9.17, 15) is 0 Å². The monoisotopic (exact) mass is 229 g/mol. The van der Waals surface area contributed by atoms with Gasteiger partial charge in [0.25, 0.3) is 0 Å². The molecule has 0 fully saturated rings. The van der Waals surface area contributed by atoms with Gasteiger partial charge in [0.05, 0.1) is 20.2 Å². The number of ether oxygens (including phenoxy) is 2. The predicted molar refractivity (Wildman–Crippen MR) is 62.0 cm³/mol. The SMILES string of the molecule is COc1ccc(CCNCCl)cc1OC. The van der Waals surface area contributed by atoms with Gasteiger partial charge in [0.15, 0.2) is 11.5 Å². The molecule has 1 N–H and O–H groups in total. The topological polar surface area (TPSA) is 30.5 Å². The van der Waals surface area contributed by atoms with Gasteiger partial charge in [0, 0.05) is 6.54 Å². The van der Waals surface area contributed by atoms with Crippen LogP contribution < -0.4 is 14.8 Å². The molecule has 0 aliphatic carbocycles. The summed E-state index contributed by atoms with van der Waals surface area (Å²) in [7, 11) is 3.27. The lowest BCUT2D eigenvalue weighted by atomic mass is 10.1. The van der Waals surface area contributed by atoms with E-state index in [1.165, 1.54) is 5.56 Å². The molecule has 15 heavy (non-hydrogen) atoms. The number of nitrogens with one attached hydrogen (secondary N) is 1. The summed E-state index contributed by atoms with van der Waals surface area (Å²) < 4.78 is 10.4. The van der Waals surface area contributed by atoms with E-state index >= 15 is 0 Å². The van der Waals surface area contributed by atoms with E-state index in [0.29, 0.717) is 6.00 Å². The predicted octanol–water partition coefficient (Wildman–Crippen LogP) is 2.03. The fourth-order valence-corrected chi connectivity index (χ4v) is 1.47. The van der Waals surface area contributed by atoms with Gasteiger partial charge in [-0.15, -0.1) is 11.6 Å². The summed E-state index contributed by atoms with van der Waals surface area (Å²) in [6, 6.07) is 6.40. The lowest BCUT2D eigenvalue weighted by molar-refractivity contribution is 0.354. The van der Waals surface area contributed by atoms with Gasteiger partial charge < -0.3 is 14.8 Å². The van der Waals surface area contributed by atoms with Gasteiger partial charge in [-0.25, -0.2) is 0 Å². The maximum absolute atomic E-state index is 5.52. The Balaban J connectivity index is 2.66. The fourth-order valence-electron chi connectivity index (χ4n) is 1.34. The number of rotatable bonds is 6. The molecule has 0 aromatic heterocycles. The zero-order chi connectivity index (χ0) is 11.1. The average Bonchev–Trinajstić information content (AvgIpc) is 2.29. The third-order valence-electron chi connectivity index (χ3n) is 2.13. The van der Waals surface area contributed by atoms with Crippen LogP contribution in [-0.2, 0) is 6.42 Å². The van der Waals surface area contributed by atoms with Crippen molar-refractivity contribution < 1.29 is 9.47 Å². The molecule has 1 aromatic carbocycles.